The van der Waals surface area contributed by atoms with Crippen molar-refractivity contribution in [1.29, 1.82) is 0 Å². The number of ether oxygens (including phenoxy) is 1. The molecule has 1 amide bonds. The fraction of sp³-hybridized carbons (Fsp3) is 0.529. The van der Waals surface area contributed by atoms with Crippen molar-refractivity contribution in [2.75, 3.05) is 26.8 Å². The molecule has 9 heteroatoms. The number of sulfonamides is 1. The van der Waals surface area contributed by atoms with Crippen LogP contribution in [0.5, 0.6) is 0 Å². The van der Waals surface area contributed by atoms with Gasteiger partial charge in [-0.1, -0.05) is 6.92 Å². The molecule has 0 aromatic heterocycles. The van der Waals surface area contributed by atoms with Crippen LogP contribution in [0, 0.1) is 5.92 Å². The average molecular weight is 384 g/mol. The zero-order valence-electron chi connectivity index (χ0n) is 14.8. The zero-order chi connectivity index (χ0) is 19.3. The number of nitrogens with zero attached hydrogens (tertiary/aromatic N) is 1. The van der Waals surface area contributed by atoms with E-state index in [0.29, 0.717) is 5.56 Å². The summed E-state index contributed by atoms with van der Waals surface area (Å²) in [6, 6.07) is 5.70. The Balaban J connectivity index is 2.10. The van der Waals surface area contributed by atoms with Crippen molar-refractivity contribution in [3.63, 3.8) is 0 Å². The van der Waals surface area contributed by atoms with Crippen molar-refractivity contribution in [1.82, 2.24) is 9.62 Å². The van der Waals surface area contributed by atoms with Crippen LogP contribution >= 0.6 is 0 Å². The summed E-state index contributed by atoms with van der Waals surface area (Å²) in [7, 11) is -2.18. The fourth-order valence-corrected chi connectivity index (χ4v) is 3.47. The van der Waals surface area contributed by atoms with Crippen LogP contribution in [0.4, 0.5) is 0 Å². The van der Waals surface area contributed by atoms with E-state index in [1.54, 1.807) is 11.8 Å². The molecule has 2 rings (SSSR count). The first kappa shape index (κ1) is 20.3. The number of nitrogens with one attached hydrogen (secondary N) is 1. The topological polar surface area (TPSA) is 113 Å². The van der Waals surface area contributed by atoms with E-state index < -0.39 is 21.9 Å². The number of amides is 1. The predicted octanol–water partition coefficient (Wildman–Crippen LogP) is 0.937. The van der Waals surface area contributed by atoms with Gasteiger partial charge in [0.25, 0.3) is 5.91 Å². The molecule has 1 fully saturated rings. The number of methoxy groups -OCH3 is 1. The summed E-state index contributed by atoms with van der Waals surface area (Å²) in [6.07, 6.45) is 1.71. The Hall–Kier alpha value is -1.97. The molecule has 0 radical (unpaired) electrons. The van der Waals surface area contributed by atoms with E-state index in [1.807, 2.05) is 0 Å². The van der Waals surface area contributed by atoms with Gasteiger partial charge < -0.3 is 14.7 Å². The second-order valence-electron chi connectivity index (χ2n) is 6.34. The van der Waals surface area contributed by atoms with Gasteiger partial charge in [-0.05, 0) is 37.1 Å². The van der Waals surface area contributed by atoms with Crippen molar-refractivity contribution >= 4 is 21.9 Å². The normalized spacial score (nSPS) is 15.5. The Bertz CT molecular complexity index is 743. The molecule has 0 saturated heterocycles. The molecule has 1 unspecified atom stereocenters. The Kier molecular flexibility index (Phi) is 6.74. The third kappa shape index (κ3) is 5.26. The maximum absolute atomic E-state index is 12.7. The number of carboxylic acids is 1. The maximum atomic E-state index is 12.7. The van der Waals surface area contributed by atoms with E-state index >= 15 is 0 Å². The number of aliphatic carboxylic acids is 1. The van der Waals surface area contributed by atoms with Gasteiger partial charge in [-0.25, -0.2) is 13.1 Å². The van der Waals surface area contributed by atoms with Crippen LogP contribution in [0.3, 0.4) is 0 Å². The Morgan fingerprint density at radius 1 is 1.31 bits per heavy atom. The highest BCUT2D eigenvalue weighted by Crippen LogP contribution is 2.29. The summed E-state index contributed by atoms with van der Waals surface area (Å²) < 4.78 is 31.5. The van der Waals surface area contributed by atoms with Gasteiger partial charge >= 0.3 is 5.97 Å². The molecule has 144 valence electrons. The van der Waals surface area contributed by atoms with E-state index in [-0.39, 0.29) is 36.5 Å². The number of carbonyl (C=O) groups excluding carboxylic acids is 1. The molecule has 0 heterocycles. The Morgan fingerprint density at radius 2 is 1.92 bits per heavy atom. The molecule has 1 aromatic rings. The molecule has 1 atom stereocenters. The van der Waals surface area contributed by atoms with Crippen LogP contribution in [0.25, 0.3) is 0 Å². The number of hydrogen-bond donors (Lipinski definition) is 2. The lowest BCUT2D eigenvalue weighted by Crippen LogP contribution is -2.38. The second-order valence-corrected chi connectivity index (χ2v) is 8.11. The van der Waals surface area contributed by atoms with Crippen LogP contribution in [0.2, 0.25) is 0 Å². The smallest absolute Gasteiger partial charge is 0.308 e. The number of carbonyl (C=O) groups is 2. The first-order valence-corrected chi connectivity index (χ1v) is 9.87. The predicted molar refractivity (Wildman–Crippen MR) is 94.4 cm³/mol. The molecule has 0 spiro atoms. The van der Waals surface area contributed by atoms with Crippen LogP contribution in [-0.2, 0) is 19.6 Å². The van der Waals surface area contributed by atoms with Gasteiger partial charge in [-0.2, -0.15) is 0 Å². The van der Waals surface area contributed by atoms with Crippen molar-refractivity contribution in [2.24, 2.45) is 5.92 Å². The zero-order valence-corrected chi connectivity index (χ0v) is 15.7. The maximum Gasteiger partial charge on any atom is 0.308 e. The minimum atomic E-state index is -3.66. The van der Waals surface area contributed by atoms with E-state index in [1.165, 1.54) is 31.4 Å². The molecule has 2 N–H and O–H groups in total. The SMILES string of the molecule is COCCNS(=O)(=O)c1ccc(C(=O)N(CC(C)C(=O)O)C2CC2)cc1. The molecule has 1 aliphatic carbocycles. The molecule has 8 nitrogen and oxygen atoms in total. The first-order valence-electron chi connectivity index (χ1n) is 8.38. The molecule has 1 aliphatic rings. The van der Waals surface area contributed by atoms with Crippen molar-refractivity contribution in [3.05, 3.63) is 29.8 Å². The highest BCUT2D eigenvalue weighted by Gasteiger charge is 2.35. The van der Waals surface area contributed by atoms with Crippen LogP contribution in [-0.4, -0.2) is 63.1 Å². The van der Waals surface area contributed by atoms with Gasteiger partial charge in [0.2, 0.25) is 10.0 Å². The number of carboxylic acid groups (broad SMARTS) is 1. The lowest BCUT2D eigenvalue weighted by atomic mass is 10.1. The molecule has 0 aliphatic heterocycles. The standard InChI is InChI=1S/C17H24N2O6S/c1-12(17(21)22)11-19(14-5-6-14)16(20)13-3-7-15(8-4-13)26(23,24)18-9-10-25-2/h3-4,7-8,12,14,18H,5-6,9-11H2,1-2H3,(H,21,22). The molecule has 1 saturated carbocycles. The van der Waals surface area contributed by atoms with Gasteiger partial charge in [0.1, 0.15) is 0 Å². The fourth-order valence-electron chi connectivity index (χ4n) is 2.46. The monoisotopic (exact) mass is 384 g/mol. The summed E-state index contributed by atoms with van der Waals surface area (Å²) >= 11 is 0. The van der Waals surface area contributed by atoms with Crippen molar-refractivity contribution in [2.45, 2.75) is 30.7 Å². The molecule has 0 bridgehead atoms. The highest BCUT2D eigenvalue weighted by molar-refractivity contribution is 7.89. The minimum absolute atomic E-state index is 0.0574. The van der Waals surface area contributed by atoms with Crippen LogP contribution < -0.4 is 4.72 Å². The van der Waals surface area contributed by atoms with Gasteiger partial charge in [0.15, 0.2) is 0 Å². The average Bonchev–Trinajstić information content (AvgIpc) is 3.44. The van der Waals surface area contributed by atoms with E-state index in [2.05, 4.69) is 4.72 Å². The van der Waals surface area contributed by atoms with Crippen LogP contribution in [0.1, 0.15) is 30.1 Å². The quantitative estimate of drug-likeness (QED) is 0.581. The van der Waals surface area contributed by atoms with E-state index in [4.69, 9.17) is 9.84 Å². The van der Waals surface area contributed by atoms with E-state index in [9.17, 15) is 18.0 Å². The number of rotatable bonds is 10. The minimum Gasteiger partial charge on any atom is -0.481 e. The molecular formula is C17H24N2O6S. The van der Waals surface area contributed by atoms with Gasteiger partial charge in [0, 0.05) is 31.8 Å². The third-order valence-electron chi connectivity index (χ3n) is 4.15. The Labute approximate surface area is 153 Å². The van der Waals surface area contributed by atoms with Crippen molar-refractivity contribution < 1.29 is 27.9 Å². The molecule has 26 heavy (non-hydrogen) atoms. The lowest BCUT2D eigenvalue weighted by molar-refractivity contribution is -0.141. The van der Waals surface area contributed by atoms with Gasteiger partial charge in [0.05, 0.1) is 17.4 Å². The van der Waals surface area contributed by atoms with Crippen molar-refractivity contribution in [3.8, 4) is 0 Å². The van der Waals surface area contributed by atoms with Gasteiger partial charge in [-0.15, -0.1) is 0 Å². The first-order chi connectivity index (χ1) is 12.3. The summed E-state index contributed by atoms with van der Waals surface area (Å²) in [5.74, 6) is -1.90. The summed E-state index contributed by atoms with van der Waals surface area (Å²) in [4.78, 5) is 25.4. The lowest BCUT2D eigenvalue weighted by Gasteiger charge is -2.24. The molecule has 1 aromatic carbocycles. The second kappa shape index (κ2) is 8.61. The summed E-state index contributed by atoms with van der Waals surface area (Å²) in [5, 5.41) is 9.08. The largest absolute Gasteiger partial charge is 0.481 e. The third-order valence-corrected chi connectivity index (χ3v) is 5.63. The molecular weight excluding hydrogens is 360 g/mol. The number of benzene rings is 1. The Morgan fingerprint density at radius 3 is 2.42 bits per heavy atom. The highest BCUT2D eigenvalue weighted by atomic mass is 32.2. The summed E-state index contributed by atoms with van der Waals surface area (Å²) in [5.41, 5.74) is 0.338. The van der Waals surface area contributed by atoms with Crippen LogP contribution in [0.15, 0.2) is 29.2 Å². The van der Waals surface area contributed by atoms with Gasteiger partial charge in [-0.3, -0.25) is 9.59 Å². The summed E-state index contributed by atoms with van der Waals surface area (Å²) in [6.45, 7) is 2.11. The number of hydrogen-bond acceptors (Lipinski definition) is 5. The van der Waals surface area contributed by atoms with E-state index in [0.717, 1.165) is 12.8 Å².